The van der Waals surface area contributed by atoms with Crippen molar-refractivity contribution >= 4 is 40.3 Å². The van der Waals surface area contributed by atoms with Crippen LogP contribution in [-0.4, -0.2) is 30.6 Å². The number of thioether (sulfide) groups is 1. The van der Waals surface area contributed by atoms with Crippen molar-refractivity contribution in [2.45, 2.75) is 0 Å². The van der Waals surface area contributed by atoms with Gasteiger partial charge in [0.1, 0.15) is 34.8 Å². The normalized spacial score (nSPS) is 15.0. The molecule has 7 heteroatoms. The van der Waals surface area contributed by atoms with Gasteiger partial charge in [-0.25, -0.2) is 0 Å². The Balaban J connectivity index is 1.57. The molecule has 0 unspecified atom stereocenters. The fourth-order valence-corrected chi connectivity index (χ4v) is 3.31. The van der Waals surface area contributed by atoms with Gasteiger partial charge in [0.25, 0.3) is 5.91 Å². The lowest BCUT2D eigenvalue weighted by Crippen LogP contribution is -2.17. The number of nitrogens with one attached hydrogen (secondary N) is 1. The Morgan fingerprint density at radius 2 is 1.73 bits per heavy atom. The second-order valence-electron chi connectivity index (χ2n) is 5.26. The van der Waals surface area contributed by atoms with Crippen LogP contribution in [0.4, 0.5) is 0 Å². The summed E-state index contributed by atoms with van der Waals surface area (Å²) in [4.78, 5) is 12.4. The topological polar surface area (TPSA) is 56.8 Å². The van der Waals surface area contributed by atoms with Gasteiger partial charge in [-0.2, -0.15) is 0 Å². The number of para-hydroxylation sites is 1. The lowest BCUT2D eigenvalue weighted by atomic mass is 10.2. The Morgan fingerprint density at radius 1 is 1.04 bits per heavy atom. The van der Waals surface area contributed by atoms with Gasteiger partial charge >= 0.3 is 0 Å². The van der Waals surface area contributed by atoms with Crippen LogP contribution in [0, 0.1) is 0 Å². The molecule has 1 heterocycles. The summed E-state index contributed by atoms with van der Waals surface area (Å²) in [7, 11) is 1.62. The number of thiocarbonyl (C=S) groups is 1. The average molecular weight is 387 g/mol. The Bertz CT molecular complexity index is 834. The molecule has 1 amide bonds. The molecular formula is C19H17NO4S2. The van der Waals surface area contributed by atoms with E-state index in [1.165, 1.54) is 11.8 Å². The lowest BCUT2D eigenvalue weighted by Gasteiger charge is -2.11. The van der Waals surface area contributed by atoms with E-state index in [9.17, 15) is 4.79 Å². The Hall–Kier alpha value is -2.51. The van der Waals surface area contributed by atoms with Crippen molar-refractivity contribution in [1.29, 1.82) is 0 Å². The molecule has 0 bridgehead atoms. The Morgan fingerprint density at radius 3 is 2.42 bits per heavy atom. The standard InChI is InChI=1S/C19H17NO4S2/c1-22-14-6-8-15(9-7-14)23-10-11-24-16-5-3-2-4-13(16)12-17-18(21)20-19(25)26-17/h2-9,12H,10-11H2,1H3,(H,20,21,25)/b17-12-. The minimum absolute atomic E-state index is 0.183. The zero-order valence-corrected chi connectivity index (χ0v) is 15.7. The third kappa shape index (κ3) is 4.77. The van der Waals surface area contributed by atoms with Crippen LogP contribution in [0.3, 0.4) is 0 Å². The molecule has 0 atom stereocenters. The van der Waals surface area contributed by atoms with E-state index < -0.39 is 0 Å². The fraction of sp³-hybridized carbons (Fsp3) is 0.158. The molecule has 1 saturated heterocycles. The molecule has 0 aliphatic carbocycles. The van der Waals surface area contributed by atoms with Crippen LogP contribution >= 0.6 is 24.0 Å². The van der Waals surface area contributed by atoms with Gasteiger partial charge in [-0.1, -0.05) is 42.2 Å². The maximum absolute atomic E-state index is 11.8. The number of amides is 1. The van der Waals surface area contributed by atoms with E-state index >= 15 is 0 Å². The molecule has 0 aromatic heterocycles. The van der Waals surface area contributed by atoms with E-state index in [1.54, 1.807) is 13.2 Å². The number of carbonyl (C=O) groups excluding carboxylic acids is 1. The molecule has 0 spiro atoms. The van der Waals surface area contributed by atoms with Crippen LogP contribution in [0.25, 0.3) is 6.08 Å². The highest BCUT2D eigenvalue weighted by Gasteiger charge is 2.22. The molecule has 3 rings (SSSR count). The molecule has 1 aliphatic heterocycles. The van der Waals surface area contributed by atoms with Crippen molar-refractivity contribution < 1.29 is 19.0 Å². The number of methoxy groups -OCH3 is 1. The first kappa shape index (κ1) is 18.3. The summed E-state index contributed by atoms with van der Waals surface area (Å²) in [5.41, 5.74) is 0.819. The van der Waals surface area contributed by atoms with E-state index in [0.717, 1.165) is 17.1 Å². The van der Waals surface area contributed by atoms with Gasteiger partial charge in [0.15, 0.2) is 0 Å². The molecule has 2 aromatic rings. The first-order valence-corrected chi connectivity index (χ1v) is 9.12. The minimum atomic E-state index is -0.183. The zero-order chi connectivity index (χ0) is 18.4. The quantitative estimate of drug-likeness (QED) is 0.445. The molecule has 1 N–H and O–H groups in total. The Labute approximate surface area is 161 Å². The SMILES string of the molecule is COc1ccc(OCCOc2ccccc2/C=C2\SC(=S)NC2=O)cc1. The van der Waals surface area contributed by atoms with Gasteiger partial charge in [-0.3, -0.25) is 4.79 Å². The van der Waals surface area contributed by atoms with Crippen molar-refractivity contribution in [2.75, 3.05) is 20.3 Å². The second kappa shape index (κ2) is 8.73. The van der Waals surface area contributed by atoms with Crippen LogP contribution in [0.15, 0.2) is 53.4 Å². The summed E-state index contributed by atoms with van der Waals surface area (Å²) in [5.74, 6) is 2.03. The molecule has 26 heavy (non-hydrogen) atoms. The zero-order valence-electron chi connectivity index (χ0n) is 14.1. The highest BCUT2D eigenvalue weighted by molar-refractivity contribution is 8.26. The number of benzene rings is 2. The van der Waals surface area contributed by atoms with Crippen molar-refractivity contribution in [3.63, 3.8) is 0 Å². The summed E-state index contributed by atoms with van der Waals surface area (Å²) in [6, 6.07) is 14.9. The van der Waals surface area contributed by atoms with Crippen molar-refractivity contribution in [3.05, 3.63) is 59.0 Å². The molecule has 0 radical (unpaired) electrons. The molecular weight excluding hydrogens is 370 g/mol. The third-order valence-corrected chi connectivity index (χ3v) is 4.68. The highest BCUT2D eigenvalue weighted by atomic mass is 32.2. The van der Waals surface area contributed by atoms with Gasteiger partial charge in [0.05, 0.1) is 12.0 Å². The number of hydrogen-bond acceptors (Lipinski definition) is 6. The minimum Gasteiger partial charge on any atom is -0.497 e. The number of hydrogen-bond donors (Lipinski definition) is 1. The average Bonchev–Trinajstić information content (AvgIpc) is 2.97. The fourth-order valence-electron chi connectivity index (χ4n) is 2.28. The maximum Gasteiger partial charge on any atom is 0.263 e. The third-order valence-electron chi connectivity index (χ3n) is 3.52. The summed E-state index contributed by atoms with van der Waals surface area (Å²) >= 11 is 6.25. The predicted molar refractivity (Wildman–Crippen MR) is 107 cm³/mol. The van der Waals surface area contributed by atoms with E-state index in [-0.39, 0.29) is 5.91 Å². The van der Waals surface area contributed by atoms with Crippen molar-refractivity contribution in [3.8, 4) is 17.2 Å². The van der Waals surface area contributed by atoms with Gasteiger partial charge in [0, 0.05) is 5.56 Å². The maximum atomic E-state index is 11.8. The predicted octanol–water partition coefficient (Wildman–Crippen LogP) is 3.64. The van der Waals surface area contributed by atoms with E-state index in [4.69, 9.17) is 26.4 Å². The largest absolute Gasteiger partial charge is 0.497 e. The first-order chi connectivity index (χ1) is 12.7. The molecule has 1 fully saturated rings. The number of rotatable bonds is 7. The first-order valence-electron chi connectivity index (χ1n) is 7.89. The second-order valence-corrected chi connectivity index (χ2v) is 6.98. The Kier molecular flexibility index (Phi) is 6.14. The summed E-state index contributed by atoms with van der Waals surface area (Å²) in [5, 5.41) is 2.60. The molecule has 0 saturated carbocycles. The van der Waals surface area contributed by atoms with Gasteiger partial charge in [-0.05, 0) is 36.4 Å². The molecule has 134 valence electrons. The molecule has 5 nitrogen and oxygen atoms in total. The molecule has 1 aliphatic rings. The smallest absolute Gasteiger partial charge is 0.263 e. The highest BCUT2D eigenvalue weighted by Crippen LogP contribution is 2.29. The van der Waals surface area contributed by atoms with Crippen molar-refractivity contribution in [1.82, 2.24) is 5.32 Å². The molecule has 2 aromatic carbocycles. The van der Waals surface area contributed by atoms with Gasteiger partial charge in [0.2, 0.25) is 0 Å². The monoisotopic (exact) mass is 387 g/mol. The van der Waals surface area contributed by atoms with E-state index in [1.807, 2.05) is 48.5 Å². The van der Waals surface area contributed by atoms with Crippen LogP contribution in [0.1, 0.15) is 5.56 Å². The van der Waals surface area contributed by atoms with Gasteiger partial charge in [-0.15, -0.1) is 0 Å². The van der Waals surface area contributed by atoms with Crippen LogP contribution in [0.5, 0.6) is 17.2 Å². The summed E-state index contributed by atoms with van der Waals surface area (Å²) in [6.45, 7) is 0.778. The van der Waals surface area contributed by atoms with Gasteiger partial charge < -0.3 is 19.5 Å². The van der Waals surface area contributed by atoms with Crippen LogP contribution in [-0.2, 0) is 4.79 Å². The summed E-state index contributed by atoms with van der Waals surface area (Å²) < 4.78 is 17.0. The van der Waals surface area contributed by atoms with E-state index in [0.29, 0.717) is 28.2 Å². The van der Waals surface area contributed by atoms with E-state index in [2.05, 4.69) is 5.32 Å². The number of carbonyl (C=O) groups is 1. The van der Waals surface area contributed by atoms with Crippen LogP contribution in [0.2, 0.25) is 0 Å². The number of ether oxygens (including phenoxy) is 3. The van der Waals surface area contributed by atoms with Crippen molar-refractivity contribution in [2.24, 2.45) is 0 Å². The van der Waals surface area contributed by atoms with Crippen LogP contribution < -0.4 is 19.5 Å². The lowest BCUT2D eigenvalue weighted by molar-refractivity contribution is -0.115. The summed E-state index contributed by atoms with van der Waals surface area (Å²) in [6.07, 6.45) is 1.78.